The minimum Gasteiger partial charge on any atom is -0.438 e. The van der Waals surface area contributed by atoms with Crippen LogP contribution in [0.2, 0.25) is 0 Å². The third-order valence-electron chi connectivity index (χ3n) is 2.86. The molecule has 0 unspecified atom stereocenters. The Balaban J connectivity index is 2.33. The second-order valence-electron chi connectivity index (χ2n) is 4.75. The zero-order valence-electron chi connectivity index (χ0n) is 11.3. The lowest BCUT2D eigenvalue weighted by Gasteiger charge is -2.10. The molecule has 3 heteroatoms. The Hall–Kier alpha value is -2.34. The molecule has 0 atom stereocenters. The van der Waals surface area contributed by atoms with E-state index in [2.05, 4.69) is 31.0 Å². The summed E-state index contributed by atoms with van der Waals surface area (Å²) in [7, 11) is 0. The molecule has 0 spiro atoms. The van der Waals surface area contributed by atoms with Crippen LogP contribution in [-0.4, -0.2) is 4.98 Å². The number of nitrogens with zero attached hydrogens (tertiary/aromatic N) is 2. The maximum Gasteiger partial charge on any atom is 0.237 e. The van der Waals surface area contributed by atoms with E-state index in [1.807, 2.05) is 25.1 Å². The summed E-state index contributed by atoms with van der Waals surface area (Å²) in [6.07, 6.45) is 0. The maximum atomic E-state index is 9.06. The molecule has 0 saturated carbocycles. The van der Waals surface area contributed by atoms with Crippen molar-refractivity contribution in [1.29, 1.82) is 5.26 Å². The van der Waals surface area contributed by atoms with Crippen molar-refractivity contribution in [2.45, 2.75) is 26.7 Å². The van der Waals surface area contributed by atoms with Crippen molar-refractivity contribution in [1.82, 2.24) is 4.98 Å². The maximum absolute atomic E-state index is 9.06. The fraction of sp³-hybridized carbons (Fsp3) is 0.250. The molecule has 0 fully saturated rings. The minimum absolute atomic E-state index is 0.364. The average molecular weight is 252 g/mol. The topological polar surface area (TPSA) is 45.9 Å². The average Bonchev–Trinajstić information content (AvgIpc) is 2.39. The van der Waals surface area contributed by atoms with Gasteiger partial charge >= 0.3 is 0 Å². The van der Waals surface area contributed by atoms with Gasteiger partial charge in [-0.15, -0.1) is 0 Å². The van der Waals surface area contributed by atoms with Gasteiger partial charge in [-0.3, -0.25) is 0 Å². The van der Waals surface area contributed by atoms with Gasteiger partial charge in [0.05, 0.1) is 0 Å². The van der Waals surface area contributed by atoms with Gasteiger partial charge in [-0.25, -0.2) is 4.98 Å². The van der Waals surface area contributed by atoms with E-state index in [1.54, 1.807) is 12.1 Å². The van der Waals surface area contributed by atoms with E-state index in [0.29, 0.717) is 23.1 Å². The molecular formula is C16H16N2O. The van der Waals surface area contributed by atoms with Crippen molar-refractivity contribution in [3.05, 3.63) is 53.2 Å². The van der Waals surface area contributed by atoms with Crippen LogP contribution < -0.4 is 4.74 Å². The molecule has 0 aliphatic rings. The predicted octanol–water partition coefficient (Wildman–Crippen LogP) is 4.18. The van der Waals surface area contributed by atoms with Gasteiger partial charge in [0, 0.05) is 5.69 Å². The smallest absolute Gasteiger partial charge is 0.237 e. The summed E-state index contributed by atoms with van der Waals surface area (Å²) in [5, 5.41) is 9.06. The van der Waals surface area contributed by atoms with Gasteiger partial charge in [0.15, 0.2) is 0 Å². The first-order chi connectivity index (χ1) is 9.10. The number of benzene rings is 1. The van der Waals surface area contributed by atoms with Gasteiger partial charge in [-0.1, -0.05) is 26.0 Å². The second-order valence-corrected chi connectivity index (χ2v) is 4.75. The highest BCUT2D eigenvalue weighted by Gasteiger charge is 2.08. The van der Waals surface area contributed by atoms with Crippen LogP contribution in [0.5, 0.6) is 11.6 Å². The Bertz CT molecular complexity index is 627. The first kappa shape index (κ1) is 13.1. The largest absolute Gasteiger partial charge is 0.438 e. The third kappa shape index (κ3) is 3.11. The van der Waals surface area contributed by atoms with Crippen molar-refractivity contribution < 1.29 is 4.74 Å². The quantitative estimate of drug-likeness (QED) is 0.823. The predicted molar refractivity (Wildman–Crippen MR) is 74.3 cm³/mol. The normalized spacial score (nSPS) is 10.3. The molecule has 96 valence electrons. The highest BCUT2D eigenvalue weighted by molar-refractivity contribution is 5.42. The Labute approximate surface area is 113 Å². The van der Waals surface area contributed by atoms with Gasteiger partial charge < -0.3 is 4.74 Å². The Morgan fingerprint density at radius 1 is 1.21 bits per heavy atom. The van der Waals surface area contributed by atoms with Gasteiger partial charge in [0.2, 0.25) is 5.88 Å². The lowest BCUT2D eigenvalue weighted by atomic mass is 10.0. The Morgan fingerprint density at radius 2 is 2.00 bits per heavy atom. The summed E-state index contributed by atoms with van der Waals surface area (Å²) in [4.78, 5) is 4.27. The monoisotopic (exact) mass is 252 g/mol. The number of ether oxygens (including phenoxy) is 1. The second kappa shape index (κ2) is 5.53. The number of hydrogen-bond donors (Lipinski definition) is 0. The molecule has 0 N–H and O–H groups in total. The van der Waals surface area contributed by atoms with Crippen LogP contribution in [-0.2, 0) is 0 Å². The zero-order valence-corrected chi connectivity index (χ0v) is 11.3. The molecule has 2 rings (SSSR count). The van der Waals surface area contributed by atoms with Crippen LogP contribution in [0.1, 0.15) is 36.6 Å². The van der Waals surface area contributed by atoms with Crippen molar-refractivity contribution in [3.8, 4) is 17.7 Å². The lowest BCUT2D eigenvalue weighted by Crippen LogP contribution is -1.95. The molecule has 1 aromatic carbocycles. The SMILES string of the molecule is Cc1ccc(C#N)c(Oc2cccc(C(C)C)c2)n1. The highest BCUT2D eigenvalue weighted by atomic mass is 16.5. The minimum atomic E-state index is 0.364. The summed E-state index contributed by atoms with van der Waals surface area (Å²) >= 11 is 0. The fourth-order valence-corrected chi connectivity index (χ4v) is 1.74. The van der Waals surface area contributed by atoms with Crippen LogP contribution in [0.25, 0.3) is 0 Å². The van der Waals surface area contributed by atoms with Crippen molar-refractivity contribution in [2.24, 2.45) is 0 Å². The summed E-state index contributed by atoms with van der Waals surface area (Å²) < 4.78 is 5.74. The van der Waals surface area contributed by atoms with Gasteiger partial charge in [0.25, 0.3) is 0 Å². The first-order valence-electron chi connectivity index (χ1n) is 6.25. The van der Waals surface area contributed by atoms with Gasteiger partial charge in [0.1, 0.15) is 17.4 Å². The molecule has 19 heavy (non-hydrogen) atoms. The van der Waals surface area contributed by atoms with E-state index in [9.17, 15) is 0 Å². The summed E-state index contributed by atoms with van der Waals surface area (Å²) in [5.74, 6) is 1.51. The molecule has 0 aliphatic carbocycles. The van der Waals surface area contributed by atoms with Crippen molar-refractivity contribution >= 4 is 0 Å². The first-order valence-corrected chi connectivity index (χ1v) is 6.25. The van der Waals surface area contributed by atoms with Gasteiger partial charge in [-0.2, -0.15) is 5.26 Å². The van der Waals surface area contributed by atoms with E-state index in [0.717, 1.165) is 5.69 Å². The number of aromatic nitrogens is 1. The van der Waals surface area contributed by atoms with Crippen molar-refractivity contribution in [2.75, 3.05) is 0 Å². The number of aryl methyl sites for hydroxylation is 1. The molecule has 0 amide bonds. The number of rotatable bonds is 3. The van der Waals surface area contributed by atoms with Crippen LogP contribution in [0.3, 0.4) is 0 Å². The molecule has 0 saturated heterocycles. The lowest BCUT2D eigenvalue weighted by molar-refractivity contribution is 0.459. The van der Waals surface area contributed by atoms with E-state index < -0.39 is 0 Å². The third-order valence-corrected chi connectivity index (χ3v) is 2.86. The van der Waals surface area contributed by atoms with Gasteiger partial charge in [-0.05, 0) is 42.7 Å². The number of hydrogen-bond acceptors (Lipinski definition) is 3. The van der Waals surface area contributed by atoms with E-state index in [-0.39, 0.29) is 0 Å². The molecular weight excluding hydrogens is 236 g/mol. The molecule has 0 bridgehead atoms. The van der Waals surface area contributed by atoms with E-state index >= 15 is 0 Å². The molecule has 3 nitrogen and oxygen atoms in total. The summed E-state index contributed by atoms with van der Waals surface area (Å²) in [6, 6.07) is 13.5. The number of nitriles is 1. The Morgan fingerprint density at radius 3 is 2.68 bits per heavy atom. The van der Waals surface area contributed by atoms with Crippen LogP contribution in [0.4, 0.5) is 0 Å². The molecule has 0 aliphatic heterocycles. The van der Waals surface area contributed by atoms with Crippen molar-refractivity contribution in [3.63, 3.8) is 0 Å². The van der Waals surface area contributed by atoms with Crippen LogP contribution >= 0.6 is 0 Å². The molecule has 1 aromatic heterocycles. The van der Waals surface area contributed by atoms with Crippen LogP contribution in [0.15, 0.2) is 36.4 Å². The standard InChI is InChI=1S/C16H16N2O/c1-11(2)13-5-4-6-15(9-13)19-16-14(10-17)8-7-12(3)18-16/h4-9,11H,1-3H3. The molecule has 1 heterocycles. The van der Waals surface area contributed by atoms with E-state index in [4.69, 9.17) is 10.00 Å². The summed E-state index contributed by atoms with van der Waals surface area (Å²) in [6.45, 7) is 6.13. The van der Waals surface area contributed by atoms with E-state index in [1.165, 1.54) is 5.56 Å². The number of pyridine rings is 1. The molecule has 2 aromatic rings. The van der Waals surface area contributed by atoms with Crippen LogP contribution in [0, 0.1) is 18.3 Å². The highest BCUT2D eigenvalue weighted by Crippen LogP contribution is 2.26. The Kier molecular flexibility index (Phi) is 3.82. The fourth-order valence-electron chi connectivity index (χ4n) is 1.74. The summed E-state index contributed by atoms with van der Waals surface area (Å²) in [5.41, 5.74) is 2.47. The zero-order chi connectivity index (χ0) is 13.8. The molecule has 0 radical (unpaired) electrons.